The number of fused-ring (bicyclic) bond motifs is 1. The number of phosphoric ester groups is 1. The molecule has 3 unspecified atom stereocenters. The molecule has 3 N–H and O–H groups in total. The molecule has 110 valence electrons. The van der Waals surface area contributed by atoms with Gasteiger partial charge >= 0.3 is 13.5 Å². The molecule has 3 heterocycles. The Bertz CT molecular complexity index is 683. The molecular weight excluding hydrogens is 295 g/mol. The Morgan fingerprint density at radius 1 is 1.35 bits per heavy atom. The molecule has 0 aliphatic carbocycles. The van der Waals surface area contributed by atoms with E-state index in [1.807, 2.05) is 4.98 Å². The predicted molar refractivity (Wildman–Crippen MR) is 61.9 cm³/mol. The maximum atomic E-state index is 11.7. The van der Waals surface area contributed by atoms with Crippen molar-refractivity contribution in [2.45, 2.75) is 24.5 Å². The lowest BCUT2D eigenvalue weighted by atomic mass is 10.1. The number of hydrogen-bond donors (Lipinski definition) is 3. The summed E-state index contributed by atoms with van der Waals surface area (Å²) in [5.41, 5.74) is -1.35. The van der Waals surface area contributed by atoms with Gasteiger partial charge in [-0.1, -0.05) is 0 Å². The van der Waals surface area contributed by atoms with Gasteiger partial charge in [-0.3, -0.25) is 23.4 Å². The van der Waals surface area contributed by atoms with Crippen LogP contribution in [-0.2, 0) is 18.3 Å². The van der Waals surface area contributed by atoms with Crippen molar-refractivity contribution in [3.8, 4) is 0 Å². The number of H-pyrrole nitrogens is 1. The van der Waals surface area contributed by atoms with Gasteiger partial charge in [0.2, 0.25) is 0 Å². The summed E-state index contributed by atoms with van der Waals surface area (Å²) in [6.07, 6.45) is -2.82. The topological polar surface area (TPSA) is 140 Å². The molecule has 3 rings (SSSR count). The van der Waals surface area contributed by atoms with Gasteiger partial charge in [-0.05, 0) is 0 Å². The lowest BCUT2D eigenvalue weighted by Gasteiger charge is -2.18. The van der Waals surface area contributed by atoms with E-state index in [4.69, 9.17) is 13.8 Å². The molecule has 2 aliphatic rings. The van der Waals surface area contributed by atoms with E-state index in [1.54, 1.807) is 0 Å². The first-order chi connectivity index (χ1) is 9.41. The SMILES string of the molecule is O=c1ccn([C@@H]2O[C@H](CO)C3OP(=O)(O)OC32)c(=O)[nH]1. The first-order valence-corrected chi connectivity index (χ1v) is 7.18. The average Bonchev–Trinajstić information content (AvgIpc) is 2.83. The summed E-state index contributed by atoms with van der Waals surface area (Å²) < 4.78 is 27.5. The molecule has 5 atom stereocenters. The highest BCUT2D eigenvalue weighted by Gasteiger charge is 2.57. The van der Waals surface area contributed by atoms with Crippen LogP contribution in [0.25, 0.3) is 0 Å². The van der Waals surface area contributed by atoms with Crippen molar-refractivity contribution in [3.05, 3.63) is 33.1 Å². The average molecular weight is 306 g/mol. The maximum absolute atomic E-state index is 11.7. The minimum Gasteiger partial charge on any atom is -0.394 e. The lowest BCUT2D eigenvalue weighted by molar-refractivity contribution is -0.0624. The lowest BCUT2D eigenvalue weighted by Crippen LogP contribution is -2.36. The van der Waals surface area contributed by atoms with Crippen LogP contribution in [0.5, 0.6) is 0 Å². The monoisotopic (exact) mass is 306 g/mol. The highest BCUT2D eigenvalue weighted by atomic mass is 31.2. The standard InChI is InChI=1S/C9H11N2O8P/c12-3-4-6-7(19-20(15,16)18-6)8(17-4)11-2-1-5(13)10-9(11)14/h1-2,4,6-8,12H,3H2,(H,15,16)(H,10,13,14)/t4-,6?,7?,8-/m1/s1. The Balaban J connectivity index is 2.00. The molecule has 1 aromatic heterocycles. The van der Waals surface area contributed by atoms with Crippen molar-refractivity contribution in [1.29, 1.82) is 0 Å². The summed E-state index contributed by atoms with van der Waals surface area (Å²) in [5.74, 6) is 0. The van der Waals surface area contributed by atoms with Crippen LogP contribution >= 0.6 is 7.82 Å². The normalized spacial score (nSPS) is 39.9. The molecule has 0 spiro atoms. The van der Waals surface area contributed by atoms with Gasteiger partial charge in [0.05, 0.1) is 6.61 Å². The Labute approximate surface area is 111 Å². The zero-order chi connectivity index (χ0) is 14.5. The number of phosphoric acid groups is 1. The summed E-state index contributed by atoms with van der Waals surface area (Å²) in [5, 5.41) is 9.18. The van der Waals surface area contributed by atoms with Gasteiger partial charge in [0.1, 0.15) is 18.3 Å². The van der Waals surface area contributed by atoms with Crippen LogP contribution in [0, 0.1) is 0 Å². The number of aromatic amines is 1. The first-order valence-electron chi connectivity index (χ1n) is 5.69. The van der Waals surface area contributed by atoms with E-state index in [0.29, 0.717) is 0 Å². The first kappa shape index (κ1) is 13.7. The minimum atomic E-state index is -4.23. The Morgan fingerprint density at radius 3 is 2.70 bits per heavy atom. The summed E-state index contributed by atoms with van der Waals surface area (Å²) in [6.45, 7) is -0.473. The van der Waals surface area contributed by atoms with Crippen LogP contribution in [-0.4, -0.2) is 44.5 Å². The number of nitrogens with zero attached hydrogens (tertiary/aromatic N) is 1. The van der Waals surface area contributed by atoms with Gasteiger partial charge < -0.3 is 14.7 Å². The molecule has 0 saturated carbocycles. The molecule has 0 radical (unpaired) electrons. The minimum absolute atomic E-state index is 0.473. The Kier molecular flexibility index (Phi) is 3.16. The molecule has 0 bridgehead atoms. The Morgan fingerprint density at radius 2 is 2.05 bits per heavy atom. The number of aromatic nitrogens is 2. The number of nitrogens with one attached hydrogen (secondary N) is 1. The molecule has 0 amide bonds. The van der Waals surface area contributed by atoms with Gasteiger partial charge in [-0.15, -0.1) is 0 Å². The number of ether oxygens (including phenoxy) is 1. The highest BCUT2D eigenvalue weighted by Crippen LogP contribution is 2.58. The van der Waals surface area contributed by atoms with Gasteiger partial charge in [0.25, 0.3) is 5.56 Å². The van der Waals surface area contributed by atoms with E-state index in [1.165, 1.54) is 6.20 Å². The summed E-state index contributed by atoms with van der Waals surface area (Å²) in [4.78, 5) is 34.1. The van der Waals surface area contributed by atoms with E-state index in [-0.39, 0.29) is 0 Å². The second kappa shape index (κ2) is 4.62. The highest BCUT2D eigenvalue weighted by molar-refractivity contribution is 7.47. The van der Waals surface area contributed by atoms with Gasteiger partial charge in [0.15, 0.2) is 6.23 Å². The molecule has 11 heteroatoms. The van der Waals surface area contributed by atoms with Crippen molar-refractivity contribution in [2.24, 2.45) is 0 Å². The second-order valence-corrected chi connectivity index (χ2v) is 5.73. The molecule has 0 aromatic carbocycles. The molecule has 1 aromatic rings. The third kappa shape index (κ3) is 2.16. The molecule has 20 heavy (non-hydrogen) atoms. The van der Waals surface area contributed by atoms with Crippen molar-refractivity contribution in [3.63, 3.8) is 0 Å². The maximum Gasteiger partial charge on any atom is 0.473 e. The molecule has 2 aliphatic heterocycles. The fourth-order valence-electron chi connectivity index (χ4n) is 2.28. The third-order valence-electron chi connectivity index (χ3n) is 3.10. The van der Waals surface area contributed by atoms with Crippen LogP contribution in [0.2, 0.25) is 0 Å². The van der Waals surface area contributed by atoms with E-state index < -0.39 is 50.2 Å². The van der Waals surface area contributed by atoms with Gasteiger partial charge in [-0.25, -0.2) is 9.36 Å². The van der Waals surface area contributed by atoms with Crippen LogP contribution in [0.3, 0.4) is 0 Å². The molecule has 2 saturated heterocycles. The number of aliphatic hydroxyl groups is 1. The van der Waals surface area contributed by atoms with Crippen molar-refractivity contribution < 1.29 is 28.3 Å². The number of hydrogen-bond acceptors (Lipinski definition) is 7. The third-order valence-corrected chi connectivity index (χ3v) is 4.12. The van der Waals surface area contributed by atoms with Gasteiger partial charge in [0, 0.05) is 12.3 Å². The summed E-state index contributed by atoms with van der Waals surface area (Å²) in [7, 11) is -4.23. The fourth-order valence-corrected chi connectivity index (χ4v) is 3.42. The fraction of sp³-hybridized carbons (Fsp3) is 0.556. The van der Waals surface area contributed by atoms with E-state index in [9.17, 15) is 24.2 Å². The van der Waals surface area contributed by atoms with Crippen molar-refractivity contribution in [2.75, 3.05) is 6.61 Å². The van der Waals surface area contributed by atoms with Crippen LogP contribution in [0.4, 0.5) is 0 Å². The van der Waals surface area contributed by atoms with Crippen LogP contribution in [0.15, 0.2) is 21.9 Å². The van der Waals surface area contributed by atoms with E-state index in [0.717, 1.165) is 10.6 Å². The van der Waals surface area contributed by atoms with Crippen molar-refractivity contribution >= 4 is 7.82 Å². The van der Waals surface area contributed by atoms with E-state index >= 15 is 0 Å². The predicted octanol–water partition coefficient (Wildman–Crippen LogP) is -1.69. The number of aliphatic hydroxyl groups excluding tert-OH is 1. The zero-order valence-corrected chi connectivity index (χ0v) is 10.8. The summed E-state index contributed by atoms with van der Waals surface area (Å²) >= 11 is 0. The molecule has 10 nitrogen and oxygen atoms in total. The van der Waals surface area contributed by atoms with Crippen molar-refractivity contribution in [1.82, 2.24) is 9.55 Å². The molecular formula is C9H11N2O8P. The zero-order valence-electron chi connectivity index (χ0n) is 9.91. The second-order valence-electron chi connectivity index (χ2n) is 4.37. The van der Waals surface area contributed by atoms with Gasteiger partial charge in [-0.2, -0.15) is 0 Å². The smallest absolute Gasteiger partial charge is 0.394 e. The summed E-state index contributed by atoms with van der Waals surface area (Å²) in [6, 6.07) is 1.10. The molecule has 2 fully saturated rings. The quantitative estimate of drug-likeness (QED) is 0.550. The largest absolute Gasteiger partial charge is 0.473 e. The van der Waals surface area contributed by atoms with Crippen LogP contribution in [0.1, 0.15) is 6.23 Å². The van der Waals surface area contributed by atoms with Crippen LogP contribution < -0.4 is 11.2 Å². The number of rotatable bonds is 2. The van der Waals surface area contributed by atoms with E-state index in [2.05, 4.69) is 0 Å². The Hall–Kier alpha value is -1.29.